The van der Waals surface area contributed by atoms with Crippen LogP contribution in [0.1, 0.15) is 6.92 Å². The Kier molecular flexibility index (Phi) is 4.62. The van der Waals surface area contributed by atoms with Crippen molar-refractivity contribution in [3.8, 4) is 0 Å². The van der Waals surface area contributed by atoms with Gasteiger partial charge in [-0.3, -0.25) is 4.79 Å². The average Bonchev–Trinajstić information content (AvgIpc) is 2.59. The number of para-hydroxylation sites is 1. The fourth-order valence-corrected chi connectivity index (χ4v) is 4.66. The van der Waals surface area contributed by atoms with E-state index in [4.69, 9.17) is 11.6 Å². The molecule has 5 nitrogen and oxygen atoms in total. The Morgan fingerprint density at radius 1 is 1.00 bits per heavy atom. The minimum Gasteiger partial charge on any atom is -0.308 e. The SMILES string of the molecule is CC1C(=O)N(c2ccccc2Cl)CCN1S(=O)(=O)c1ccccc1. The molecule has 1 fully saturated rings. The van der Waals surface area contributed by atoms with E-state index in [0.29, 0.717) is 10.7 Å². The van der Waals surface area contributed by atoms with Gasteiger partial charge >= 0.3 is 0 Å². The van der Waals surface area contributed by atoms with Crippen molar-refractivity contribution in [1.82, 2.24) is 4.31 Å². The van der Waals surface area contributed by atoms with Gasteiger partial charge < -0.3 is 4.90 Å². The molecule has 0 radical (unpaired) electrons. The maximum atomic E-state index is 12.8. The summed E-state index contributed by atoms with van der Waals surface area (Å²) >= 11 is 6.17. The molecule has 1 amide bonds. The zero-order valence-corrected chi connectivity index (χ0v) is 14.7. The molecule has 1 saturated heterocycles. The zero-order chi connectivity index (χ0) is 17.3. The van der Waals surface area contributed by atoms with Gasteiger partial charge in [-0.2, -0.15) is 4.31 Å². The number of hydrogen-bond acceptors (Lipinski definition) is 3. The minimum atomic E-state index is -3.71. The van der Waals surface area contributed by atoms with E-state index in [-0.39, 0.29) is 23.9 Å². The van der Waals surface area contributed by atoms with Crippen LogP contribution in [0, 0.1) is 0 Å². The number of sulfonamides is 1. The van der Waals surface area contributed by atoms with Crippen LogP contribution in [0.4, 0.5) is 5.69 Å². The summed E-state index contributed by atoms with van der Waals surface area (Å²) in [6.07, 6.45) is 0. The van der Waals surface area contributed by atoms with E-state index in [1.807, 2.05) is 0 Å². The molecule has 1 heterocycles. The van der Waals surface area contributed by atoms with Crippen molar-refractivity contribution in [3.63, 3.8) is 0 Å². The number of nitrogens with zero attached hydrogens (tertiary/aromatic N) is 2. The van der Waals surface area contributed by atoms with Crippen LogP contribution in [0.15, 0.2) is 59.5 Å². The van der Waals surface area contributed by atoms with Crippen molar-refractivity contribution in [1.29, 1.82) is 0 Å². The van der Waals surface area contributed by atoms with Gasteiger partial charge in [-0.05, 0) is 31.2 Å². The molecule has 0 N–H and O–H groups in total. The Bertz CT molecular complexity index is 855. The van der Waals surface area contributed by atoms with Crippen LogP contribution in [0.2, 0.25) is 5.02 Å². The number of carbonyl (C=O) groups is 1. The molecule has 3 rings (SSSR count). The first kappa shape index (κ1) is 17.0. The number of amides is 1. The third-order valence-electron chi connectivity index (χ3n) is 4.09. The van der Waals surface area contributed by atoms with Gasteiger partial charge in [0.05, 0.1) is 15.6 Å². The summed E-state index contributed by atoms with van der Waals surface area (Å²) in [7, 11) is -3.71. The molecule has 2 aromatic carbocycles. The van der Waals surface area contributed by atoms with Gasteiger partial charge in [-0.15, -0.1) is 0 Å². The lowest BCUT2D eigenvalue weighted by atomic mass is 10.2. The number of piperazine rings is 1. The Labute approximate surface area is 146 Å². The highest BCUT2D eigenvalue weighted by Gasteiger charge is 2.39. The van der Waals surface area contributed by atoms with Gasteiger partial charge in [-0.25, -0.2) is 8.42 Å². The lowest BCUT2D eigenvalue weighted by Gasteiger charge is -2.38. The fourth-order valence-electron chi connectivity index (χ4n) is 2.82. The van der Waals surface area contributed by atoms with Gasteiger partial charge in [0.25, 0.3) is 0 Å². The number of anilines is 1. The van der Waals surface area contributed by atoms with Crippen molar-refractivity contribution in [2.45, 2.75) is 17.9 Å². The van der Waals surface area contributed by atoms with Crippen LogP contribution in [-0.4, -0.2) is 37.8 Å². The van der Waals surface area contributed by atoms with Crippen molar-refractivity contribution >= 4 is 33.2 Å². The first-order valence-electron chi connectivity index (χ1n) is 7.56. The minimum absolute atomic E-state index is 0.191. The smallest absolute Gasteiger partial charge is 0.245 e. The molecule has 1 aliphatic heterocycles. The second-order valence-electron chi connectivity index (χ2n) is 5.55. The third-order valence-corrected chi connectivity index (χ3v) is 6.40. The Hall–Kier alpha value is -1.89. The van der Waals surface area contributed by atoms with Gasteiger partial charge in [0.15, 0.2) is 0 Å². The van der Waals surface area contributed by atoms with Gasteiger partial charge in [0, 0.05) is 13.1 Å². The molecular formula is C17H17ClN2O3S. The summed E-state index contributed by atoms with van der Waals surface area (Å²) in [5, 5.41) is 0.470. The normalized spacial score (nSPS) is 19.5. The second kappa shape index (κ2) is 6.55. The molecular weight excluding hydrogens is 348 g/mol. The monoisotopic (exact) mass is 364 g/mol. The van der Waals surface area contributed by atoms with E-state index in [1.54, 1.807) is 54.3 Å². The van der Waals surface area contributed by atoms with Crippen molar-refractivity contribution in [3.05, 3.63) is 59.6 Å². The zero-order valence-electron chi connectivity index (χ0n) is 13.1. The summed E-state index contributed by atoms with van der Waals surface area (Å²) in [4.78, 5) is 14.5. The fraction of sp³-hybridized carbons (Fsp3) is 0.235. The number of rotatable bonds is 3. The molecule has 0 spiro atoms. The number of hydrogen-bond donors (Lipinski definition) is 0. The van der Waals surface area contributed by atoms with Crippen LogP contribution in [0.5, 0.6) is 0 Å². The molecule has 7 heteroatoms. The predicted octanol–water partition coefficient (Wildman–Crippen LogP) is 2.77. The molecule has 2 aromatic rings. The van der Waals surface area contributed by atoms with Crippen LogP contribution in [-0.2, 0) is 14.8 Å². The lowest BCUT2D eigenvalue weighted by Crippen LogP contribution is -2.57. The average molecular weight is 365 g/mol. The molecule has 1 atom stereocenters. The highest BCUT2D eigenvalue weighted by atomic mass is 35.5. The van der Waals surface area contributed by atoms with E-state index >= 15 is 0 Å². The number of carbonyl (C=O) groups excluding carboxylic acids is 1. The standard InChI is InChI=1S/C17H17ClN2O3S/c1-13-17(21)19(16-10-6-5-9-15(16)18)11-12-20(13)24(22,23)14-7-3-2-4-8-14/h2-10,13H,11-12H2,1H3. The Morgan fingerprint density at radius 2 is 1.62 bits per heavy atom. The molecule has 126 valence electrons. The van der Waals surface area contributed by atoms with Crippen LogP contribution in [0.25, 0.3) is 0 Å². The lowest BCUT2D eigenvalue weighted by molar-refractivity contribution is -0.123. The number of halogens is 1. The maximum absolute atomic E-state index is 12.8. The quantitative estimate of drug-likeness (QED) is 0.841. The van der Waals surface area contributed by atoms with Crippen molar-refractivity contribution in [2.75, 3.05) is 18.0 Å². The summed E-state index contributed by atoms with van der Waals surface area (Å²) in [5.41, 5.74) is 0.604. The van der Waals surface area contributed by atoms with Gasteiger partial charge in [-0.1, -0.05) is 41.9 Å². The van der Waals surface area contributed by atoms with E-state index in [1.165, 1.54) is 16.4 Å². The highest BCUT2D eigenvalue weighted by Crippen LogP contribution is 2.30. The predicted molar refractivity (Wildman–Crippen MR) is 93.6 cm³/mol. The number of benzene rings is 2. The summed E-state index contributed by atoms with van der Waals surface area (Å²) in [6.45, 7) is 2.08. The molecule has 24 heavy (non-hydrogen) atoms. The van der Waals surface area contributed by atoms with Crippen LogP contribution < -0.4 is 4.90 Å². The molecule has 0 aliphatic carbocycles. The molecule has 1 aliphatic rings. The second-order valence-corrected chi connectivity index (χ2v) is 7.84. The Morgan fingerprint density at radius 3 is 2.29 bits per heavy atom. The summed E-state index contributed by atoms with van der Waals surface area (Å²) in [5.74, 6) is -0.283. The van der Waals surface area contributed by atoms with Crippen LogP contribution in [0.3, 0.4) is 0 Å². The van der Waals surface area contributed by atoms with Crippen molar-refractivity contribution in [2.24, 2.45) is 0 Å². The molecule has 0 bridgehead atoms. The molecule has 0 saturated carbocycles. The summed E-state index contributed by atoms with van der Waals surface area (Å²) < 4.78 is 26.8. The van der Waals surface area contributed by atoms with E-state index in [9.17, 15) is 13.2 Å². The Balaban J connectivity index is 1.90. The van der Waals surface area contributed by atoms with Gasteiger partial charge in [0.1, 0.15) is 6.04 Å². The molecule has 1 unspecified atom stereocenters. The van der Waals surface area contributed by atoms with Gasteiger partial charge in [0.2, 0.25) is 15.9 Å². The van der Waals surface area contributed by atoms with Crippen molar-refractivity contribution < 1.29 is 13.2 Å². The third kappa shape index (κ3) is 2.92. The largest absolute Gasteiger partial charge is 0.308 e. The topological polar surface area (TPSA) is 57.7 Å². The summed E-state index contributed by atoms with van der Waals surface area (Å²) in [6, 6.07) is 14.4. The van der Waals surface area contributed by atoms with E-state index in [2.05, 4.69) is 0 Å². The highest BCUT2D eigenvalue weighted by molar-refractivity contribution is 7.89. The first-order chi connectivity index (χ1) is 11.4. The van der Waals surface area contributed by atoms with E-state index in [0.717, 1.165) is 0 Å². The van der Waals surface area contributed by atoms with Crippen LogP contribution >= 0.6 is 11.6 Å². The first-order valence-corrected chi connectivity index (χ1v) is 9.37. The van der Waals surface area contributed by atoms with E-state index < -0.39 is 16.1 Å². The maximum Gasteiger partial charge on any atom is 0.245 e. The molecule has 0 aromatic heterocycles.